The summed E-state index contributed by atoms with van der Waals surface area (Å²) in [6, 6.07) is 0.694. The normalized spacial score (nSPS) is 15.7. The summed E-state index contributed by atoms with van der Waals surface area (Å²) in [7, 11) is 0. The Labute approximate surface area is 110 Å². The van der Waals surface area contributed by atoms with E-state index in [0.29, 0.717) is 19.0 Å². The van der Waals surface area contributed by atoms with E-state index in [2.05, 4.69) is 5.32 Å². The van der Waals surface area contributed by atoms with Crippen molar-refractivity contribution in [3.05, 3.63) is 0 Å². The number of carbonyl (C=O) groups is 2. The van der Waals surface area contributed by atoms with Crippen LogP contribution < -0.4 is 5.32 Å². The van der Waals surface area contributed by atoms with Crippen molar-refractivity contribution < 1.29 is 9.59 Å². The van der Waals surface area contributed by atoms with Gasteiger partial charge in [0.1, 0.15) is 0 Å². The topological polar surface area (TPSA) is 49.4 Å². The van der Waals surface area contributed by atoms with Crippen LogP contribution in [0.2, 0.25) is 0 Å². The van der Waals surface area contributed by atoms with E-state index in [-0.39, 0.29) is 17.9 Å². The van der Waals surface area contributed by atoms with Crippen molar-refractivity contribution in [2.24, 2.45) is 5.41 Å². The zero-order valence-electron chi connectivity index (χ0n) is 12.2. The monoisotopic (exact) mass is 254 g/mol. The minimum absolute atomic E-state index is 0.00202. The van der Waals surface area contributed by atoms with Crippen LogP contribution in [0.15, 0.2) is 0 Å². The number of nitrogens with zero attached hydrogens (tertiary/aromatic N) is 1. The molecule has 0 aliphatic heterocycles. The van der Waals surface area contributed by atoms with E-state index in [0.717, 1.165) is 12.8 Å². The highest BCUT2D eigenvalue weighted by atomic mass is 16.2. The van der Waals surface area contributed by atoms with Crippen LogP contribution in [0, 0.1) is 5.41 Å². The molecule has 1 fully saturated rings. The molecule has 0 unspecified atom stereocenters. The first-order valence-electron chi connectivity index (χ1n) is 6.83. The van der Waals surface area contributed by atoms with Crippen molar-refractivity contribution in [3.63, 3.8) is 0 Å². The molecule has 0 radical (unpaired) electrons. The maximum absolute atomic E-state index is 12.1. The number of carbonyl (C=O) groups excluding carboxylic acids is 2. The summed E-state index contributed by atoms with van der Waals surface area (Å²) in [5.74, 6) is 0.152. The molecule has 0 saturated heterocycles. The molecule has 104 valence electrons. The Morgan fingerprint density at radius 1 is 1.28 bits per heavy atom. The molecule has 2 amide bonds. The third-order valence-electron chi connectivity index (χ3n) is 3.09. The maximum Gasteiger partial charge on any atom is 0.225 e. The third-order valence-corrected chi connectivity index (χ3v) is 3.09. The van der Waals surface area contributed by atoms with Crippen LogP contribution in [0.4, 0.5) is 0 Å². The second-order valence-corrected chi connectivity index (χ2v) is 6.38. The van der Waals surface area contributed by atoms with E-state index < -0.39 is 5.41 Å². The van der Waals surface area contributed by atoms with Crippen molar-refractivity contribution in [3.8, 4) is 0 Å². The molecule has 0 aromatic heterocycles. The van der Waals surface area contributed by atoms with Crippen LogP contribution in [-0.2, 0) is 9.59 Å². The Balaban J connectivity index is 2.34. The van der Waals surface area contributed by atoms with Gasteiger partial charge in [-0.3, -0.25) is 9.59 Å². The van der Waals surface area contributed by atoms with Gasteiger partial charge in [0, 0.05) is 30.5 Å². The smallest absolute Gasteiger partial charge is 0.225 e. The molecule has 4 heteroatoms. The molecule has 0 atom stereocenters. The molecule has 1 saturated carbocycles. The van der Waals surface area contributed by atoms with Gasteiger partial charge in [-0.2, -0.15) is 0 Å². The minimum Gasteiger partial charge on any atom is -0.355 e. The van der Waals surface area contributed by atoms with Crippen molar-refractivity contribution in [1.82, 2.24) is 10.2 Å². The van der Waals surface area contributed by atoms with Crippen molar-refractivity contribution >= 4 is 11.8 Å². The van der Waals surface area contributed by atoms with Gasteiger partial charge >= 0.3 is 0 Å². The lowest BCUT2D eigenvalue weighted by molar-refractivity contribution is -0.133. The summed E-state index contributed by atoms with van der Waals surface area (Å²) in [4.78, 5) is 25.7. The molecule has 18 heavy (non-hydrogen) atoms. The molecule has 1 N–H and O–H groups in total. The van der Waals surface area contributed by atoms with Crippen molar-refractivity contribution in [2.45, 2.75) is 66.0 Å². The predicted molar refractivity (Wildman–Crippen MR) is 72.1 cm³/mol. The molecule has 0 spiro atoms. The van der Waals surface area contributed by atoms with E-state index in [1.807, 2.05) is 39.5 Å². The fourth-order valence-corrected chi connectivity index (χ4v) is 1.94. The molecule has 0 aromatic carbocycles. The van der Waals surface area contributed by atoms with Gasteiger partial charge in [-0.25, -0.2) is 0 Å². The number of rotatable bonds is 5. The summed E-state index contributed by atoms with van der Waals surface area (Å²) >= 11 is 0. The Hall–Kier alpha value is -1.06. The fourth-order valence-electron chi connectivity index (χ4n) is 1.94. The van der Waals surface area contributed by atoms with Gasteiger partial charge in [-0.05, 0) is 26.7 Å². The van der Waals surface area contributed by atoms with Crippen LogP contribution >= 0.6 is 0 Å². The zero-order valence-corrected chi connectivity index (χ0v) is 12.2. The van der Waals surface area contributed by atoms with Crippen molar-refractivity contribution in [2.75, 3.05) is 6.54 Å². The molecule has 1 rings (SSSR count). The van der Waals surface area contributed by atoms with Crippen LogP contribution in [-0.4, -0.2) is 35.3 Å². The average Bonchev–Trinajstić information content (AvgIpc) is 2.99. The summed E-state index contributed by atoms with van der Waals surface area (Å²) in [5, 5.41) is 2.82. The lowest BCUT2D eigenvalue weighted by Crippen LogP contribution is -2.41. The third kappa shape index (κ3) is 4.31. The molecule has 1 aliphatic rings. The van der Waals surface area contributed by atoms with Crippen molar-refractivity contribution in [1.29, 1.82) is 0 Å². The lowest BCUT2D eigenvalue weighted by Gasteiger charge is -2.27. The first-order chi connectivity index (χ1) is 8.23. The number of hydrogen-bond acceptors (Lipinski definition) is 2. The molecule has 4 nitrogen and oxygen atoms in total. The first kappa shape index (κ1) is 15.0. The van der Waals surface area contributed by atoms with Crippen LogP contribution in [0.1, 0.15) is 53.9 Å². The summed E-state index contributed by atoms with van der Waals surface area (Å²) < 4.78 is 0. The molecule has 1 aliphatic carbocycles. The van der Waals surface area contributed by atoms with Gasteiger partial charge in [0.2, 0.25) is 11.8 Å². The average molecular weight is 254 g/mol. The summed E-state index contributed by atoms with van der Waals surface area (Å²) in [5.41, 5.74) is -0.392. The van der Waals surface area contributed by atoms with Gasteiger partial charge in [0.25, 0.3) is 0 Å². The predicted octanol–water partition coefficient (Wildman–Crippen LogP) is 1.94. The highest BCUT2D eigenvalue weighted by Gasteiger charge is 2.33. The SMILES string of the molecule is CC(C)N(C(=O)CCNC(=O)C(C)(C)C)C1CC1. The summed E-state index contributed by atoms with van der Waals surface area (Å²) in [6.45, 7) is 10.1. The Bertz CT molecular complexity index is 312. The first-order valence-corrected chi connectivity index (χ1v) is 6.83. The van der Waals surface area contributed by atoms with Gasteiger partial charge in [-0.15, -0.1) is 0 Å². The van der Waals surface area contributed by atoms with Crippen LogP contribution in [0.5, 0.6) is 0 Å². The van der Waals surface area contributed by atoms with Gasteiger partial charge in [0.15, 0.2) is 0 Å². The largest absolute Gasteiger partial charge is 0.355 e. The maximum atomic E-state index is 12.1. The van der Waals surface area contributed by atoms with Gasteiger partial charge in [-0.1, -0.05) is 20.8 Å². The van der Waals surface area contributed by atoms with Crippen LogP contribution in [0.3, 0.4) is 0 Å². The molecule has 0 bridgehead atoms. The fraction of sp³-hybridized carbons (Fsp3) is 0.857. The number of amides is 2. The Morgan fingerprint density at radius 2 is 1.83 bits per heavy atom. The molecular weight excluding hydrogens is 228 g/mol. The van der Waals surface area contributed by atoms with Gasteiger partial charge < -0.3 is 10.2 Å². The highest BCUT2D eigenvalue weighted by molar-refractivity contribution is 5.82. The highest BCUT2D eigenvalue weighted by Crippen LogP contribution is 2.29. The lowest BCUT2D eigenvalue weighted by atomic mass is 9.96. The van der Waals surface area contributed by atoms with E-state index in [1.165, 1.54) is 0 Å². The standard InChI is InChI=1S/C14H26N2O2/c1-10(2)16(11-6-7-11)12(17)8-9-15-13(18)14(3,4)5/h10-11H,6-9H2,1-5H3,(H,15,18). The Kier molecular flexibility index (Phi) is 4.77. The number of nitrogens with one attached hydrogen (secondary N) is 1. The molecule has 0 heterocycles. The van der Waals surface area contributed by atoms with E-state index in [9.17, 15) is 9.59 Å². The van der Waals surface area contributed by atoms with E-state index in [4.69, 9.17) is 0 Å². The molecular formula is C14H26N2O2. The number of hydrogen-bond donors (Lipinski definition) is 1. The summed E-state index contributed by atoms with van der Waals surface area (Å²) in [6.07, 6.45) is 2.65. The van der Waals surface area contributed by atoms with E-state index >= 15 is 0 Å². The second kappa shape index (κ2) is 5.72. The Morgan fingerprint density at radius 3 is 2.22 bits per heavy atom. The minimum atomic E-state index is -0.392. The zero-order chi connectivity index (χ0) is 13.9. The molecule has 0 aromatic rings. The quantitative estimate of drug-likeness (QED) is 0.815. The van der Waals surface area contributed by atoms with E-state index in [1.54, 1.807) is 0 Å². The second-order valence-electron chi connectivity index (χ2n) is 6.38. The van der Waals surface area contributed by atoms with Crippen LogP contribution in [0.25, 0.3) is 0 Å². The van der Waals surface area contributed by atoms with Gasteiger partial charge in [0.05, 0.1) is 0 Å².